The lowest BCUT2D eigenvalue weighted by molar-refractivity contribution is 0.175. The van der Waals surface area contributed by atoms with Crippen LogP contribution in [0.1, 0.15) is 17.0 Å². The van der Waals surface area contributed by atoms with Crippen LogP contribution in [0.15, 0.2) is 24.3 Å². The Labute approximate surface area is 78.6 Å². The average Bonchev–Trinajstić information content (AvgIpc) is 2.08. The highest BCUT2D eigenvalue weighted by atomic mass is 16.3. The third-order valence-corrected chi connectivity index (χ3v) is 2.79. The quantitative estimate of drug-likeness (QED) is 0.707. The standard InChI is InChI=1S/C11H15NO/c1-8-2-4-9(5-3-8)10-6-12-11(10)7-13/h2-5,10-13H,6-7H2,1H3. The van der Waals surface area contributed by atoms with Gasteiger partial charge in [0.15, 0.2) is 0 Å². The molecule has 2 heteroatoms. The third-order valence-electron chi connectivity index (χ3n) is 2.79. The van der Waals surface area contributed by atoms with Crippen molar-refractivity contribution in [1.82, 2.24) is 5.32 Å². The van der Waals surface area contributed by atoms with E-state index in [0.717, 1.165) is 6.54 Å². The minimum atomic E-state index is 0.235. The molecule has 2 atom stereocenters. The Morgan fingerprint density at radius 1 is 1.38 bits per heavy atom. The van der Waals surface area contributed by atoms with E-state index in [1.807, 2.05) is 0 Å². The van der Waals surface area contributed by atoms with Crippen molar-refractivity contribution in [3.05, 3.63) is 35.4 Å². The average molecular weight is 177 g/mol. The number of nitrogens with one attached hydrogen (secondary N) is 1. The Morgan fingerprint density at radius 2 is 2.08 bits per heavy atom. The summed E-state index contributed by atoms with van der Waals surface area (Å²) in [4.78, 5) is 0. The van der Waals surface area contributed by atoms with Crippen molar-refractivity contribution in [3.8, 4) is 0 Å². The van der Waals surface area contributed by atoms with Crippen molar-refractivity contribution in [1.29, 1.82) is 0 Å². The van der Waals surface area contributed by atoms with Crippen LogP contribution >= 0.6 is 0 Å². The Kier molecular flexibility index (Phi) is 2.34. The molecule has 1 saturated heterocycles. The minimum absolute atomic E-state index is 0.235. The largest absolute Gasteiger partial charge is 0.395 e. The number of benzene rings is 1. The van der Waals surface area contributed by atoms with E-state index < -0.39 is 0 Å². The van der Waals surface area contributed by atoms with E-state index in [0.29, 0.717) is 5.92 Å². The van der Waals surface area contributed by atoms with Crippen LogP contribution in [0.3, 0.4) is 0 Å². The third kappa shape index (κ3) is 1.60. The number of aliphatic hydroxyl groups excluding tert-OH is 1. The van der Waals surface area contributed by atoms with Crippen LogP contribution < -0.4 is 5.32 Å². The zero-order chi connectivity index (χ0) is 9.26. The van der Waals surface area contributed by atoms with Crippen LogP contribution in [-0.2, 0) is 0 Å². The second-order valence-electron chi connectivity index (χ2n) is 3.71. The van der Waals surface area contributed by atoms with Gasteiger partial charge in [-0.2, -0.15) is 0 Å². The van der Waals surface area contributed by atoms with Gasteiger partial charge in [0, 0.05) is 18.5 Å². The first kappa shape index (κ1) is 8.73. The molecular weight excluding hydrogens is 162 g/mol. The van der Waals surface area contributed by atoms with Crippen molar-refractivity contribution < 1.29 is 5.11 Å². The molecule has 2 N–H and O–H groups in total. The van der Waals surface area contributed by atoms with Crippen molar-refractivity contribution in [2.24, 2.45) is 0 Å². The summed E-state index contributed by atoms with van der Waals surface area (Å²) < 4.78 is 0. The summed E-state index contributed by atoms with van der Waals surface area (Å²) in [6.45, 7) is 3.32. The summed E-state index contributed by atoms with van der Waals surface area (Å²) in [5.41, 5.74) is 2.62. The maximum Gasteiger partial charge on any atom is 0.0591 e. The molecular formula is C11H15NO. The monoisotopic (exact) mass is 177 g/mol. The van der Waals surface area contributed by atoms with Crippen LogP contribution in [0.5, 0.6) is 0 Å². The van der Waals surface area contributed by atoms with Gasteiger partial charge in [-0.25, -0.2) is 0 Å². The molecule has 1 aromatic carbocycles. The molecule has 1 fully saturated rings. The summed E-state index contributed by atoms with van der Waals surface area (Å²) in [7, 11) is 0. The first-order valence-corrected chi connectivity index (χ1v) is 4.72. The van der Waals surface area contributed by atoms with Gasteiger partial charge < -0.3 is 10.4 Å². The highest BCUT2D eigenvalue weighted by Crippen LogP contribution is 2.25. The molecule has 0 saturated carbocycles. The Bertz CT molecular complexity index is 279. The van der Waals surface area contributed by atoms with E-state index in [2.05, 4.69) is 36.5 Å². The molecule has 0 radical (unpaired) electrons. The molecule has 0 spiro atoms. The first-order valence-electron chi connectivity index (χ1n) is 4.72. The number of aliphatic hydroxyl groups is 1. The fourth-order valence-corrected chi connectivity index (χ4v) is 1.76. The minimum Gasteiger partial charge on any atom is -0.395 e. The molecule has 0 aliphatic carbocycles. The highest BCUT2D eigenvalue weighted by Gasteiger charge is 2.30. The lowest BCUT2D eigenvalue weighted by atomic mass is 9.85. The number of hydrogen-bond donors (Lipinski definition) is 2. The van der Waals surface area contributed by atoms with E-state index in [4.69, 9.17) is 5.11 Å². The smallest absolute Gasteiger partial charge is 0.0591 e. The predicted octanol–water partition coefficient (Wildman–Crippen LogP) is 1.04. The molecule has 1 heterocycles. The van der Waals surface area contributed by atoms with Crippen LogP contribution in [0.4, 0.5) is 0 Å². The van der Waals surface area contributed by atoms with Crippen LogP contribution in [0, 0.1) is 6.92 Å². The second-order valence-corrected chi connectivity index (χ2v) is 3.71. The fraction of sp³-hybridized carbons (Fsp3) is 0.455. The van der Waals surface area contributed by atoms with E-state index in [-0.39, 0.29) is 12.6 Å². The van der Waals surface area contributed by atoms with Gasteiger partial charge in [-0.3, -0.25) is 0 Å². The molecule has 2 rings (SSSR count). The molecule has 2 unspecified atom stereocenters. The highest BCUT2D eigenvalue weighted by molar-refractivity contribution is 5.28. The molecule has 13 heavy (non-hydrogen) atoms. The zero-order valence-corrected chi connectivity index (χ0v) is 7.83. The summed E-state index contributed by atoms with van der Waals surface area (Å²) >= 11 is 0. The van der Waals surface area contributed by atoms with Gasteiger partial charge in [-0.15, -0.1) is 0 Å². The topological polar surface area (TPSA) is 32.3 Å². The molecule has 1 aliphatic heterocycles. The van der Waals surface area contributed by atoms with Crippen LogP contribution in [0.25, 0.3) is 0 Å². The van der Waals surface area contributed by atoms with Gasteiger partial charge in [0.05, 0.1) is 6.61 Å². The zero-order valence-electron chi connectivity index (χ0n) is 7.83. The van der Waals surface area contributed by atoms with Gasteiger partial charge in [-0.1, -0.05) is 29.8 Å². The molecule has 0 aromatic heterocycles. The van der Waals surface area contributed by atoms with Crippen molar-refractivity contribution in [2.45, 2.75) is 18.9 Å². The Hall–Kier alpha value is -0.860. The Morgan fingerprint density at radius 3 is 2.54 bits per heavy atom. The molecule has 0 bridgehead atoms. The van der Waals surface area contributed by atoms with Gasteiger partial charge in [-0.05, 0) is 12.5 Å². The van der Waals surface area contributed by atoms with Gasteiger partial charge in [0.1, 0.15) is 0 Å². The number of rotatable bonds is 2. The van der Waals surface area contributed by atoms with Gasteiger partial charge >= 0.3 is 0 Å². The van der Waals surface area contributed by atoms with Crippen molar-refractivity contribution in [2.75, 3.05) is 13.2 Å². The van der Waals surface area contributed by atoms with Gasteiger partial charge in [0.25, 0.3) is 0 Å². The SMILES string of the molecule is Cc1ccc(C2CNC2CO)cc1. The van der Waals surface area contributed by atoms with Crippen LogP contribution in [-0.4, -0.2) is 24.3 Å². The normalized spacial score (nSPS) is 26.9. The van der Waals surface area contributed by atoms with E-state index >= 15 is 0 Å². The van der Waals surface area contributed by atoms with E-state index in [9.17, 15) is 0 Å². The molecule has 1 aromatic rings. The summed E-state index contributed by atoms with van der Waals surface area (Å²) in [5, 5.41) is 12.2. The predicted molar refractivity (Wildman–Crippen MR) is 52.8 cm³/mol. The Balaban J connectivity index is 2.12. The maximum absolute atomic E-state index is 9.01. The maximum atomic E-state index is 9.01. The van der Waals surface area contributed by atoms with E-state index in [1.54, 1.807) is 0 Å². The second kappa shape index (κ2) is 3.48. The lowest BCUT2D eigenvalue weighted by Gasteiger charge is -2.37. The van der Waals surface area contributed by atoms with Gasteiger partial charge in [0.2, 0.25) is 0 Å². The fourth-order valence-electron chi connectivity index (χ4n) is 1.76. The van der Waals surface area contributed by atoms with Crippen LogP contribution in [0.2, 0.25) is 0 Å². The van der Waals surface area contributed by atoms with Crippen molar-refractivity contribution >= 4 is 0 Å². The summed E-state index contributed by atoms with van der Waals surface area (Å²) in [6, 6.07) is 8.83. The molecule has 1 aliphatic rings. The number of hydrogen-bond acceptors (Lipinski definition) is 2. The van der Waals surface area contributed by atoms with E-state index in [1.165, 1.54) is 11.1 Å². The number of aryl methyl sites for hydroxylation is 1. The summed E-state index contributed by atoms with van der Waals surface area (Å²) in [5.74, 6) is 0.505. The lowest BCUT2D eigenvalue weighted by Crippen LogP contribution is -2.53. The molecule has 0 amide bonds. The van der Waals surface area contributed by atoms with Crippen molar-refractivity contribution in [3.63, 3.8) is 0 Å². The first-order chi connectivity index (χ1) is 6.31. The molecule has 2 nitrogen and oxygen atoms in total. The summed E-state index contributed by atoms with van der Waals surface area (Å²) in [6.07, 6.45) is 0. The molecule has 70 valence electrons.